The molecule has 2 heterocycles. The number of nitrogens with one attached hydrogen (secondary N) is 1. The lowest BCUT2D eigenvalue weighted by Gasteiger charge is -2.34. The minimum Gasteiger partial charge on any atom is -0.433 e. The Balaban J connectivity index is 1.51. The molecule has 0 unspecified atom stereocenters. The summed E-state index contributed by atoms with van der Waals surface area (Å²) in [6.07, 6.45) is -0.999. The summed E-state index contributed by atoms with van der Waals surface area (Å²) in [6.45, 7) is 2.95. The molecule has 1 N–H and O–H groups in total. The molecule has 10 nitrogen and oxygen atoms in total. The van der Waals surface area contributed by atoms with Crippen LogP contribution < -0.4 is 5.32 Å². The number of hydrogen-bond acceptors (Lipinski definition) is 8. The summed E-state index contributed by atoms with van der Waals surface area (Å²) in [5.74, 6) is -0.939. The number of hydroxylamine groups is 2. The van der Waals surface area contributed by atoms with Gasteiger partial charge in [-0.1, -0.05) is 60.7 Å². The second kappa shape index (κ2) is 13.2. The van der Waals surface area contributed by atoms with Gasteiger partial charge in [0.1, 0.15) is 11.7 Å². The van der Waals surface area contributed by atoms with Crippen molar-refractivity contribution in [3.8, 4) is 28.5 Å². The number of carbonyl (C=O) groups excluding carboxylic acids is 3. The molecule has 0 spiro atoms. The number of nitrogens with zero attached hydrogens (tertiary/aromatic N) is 4. The first kappa shape index (κ1) is 27.3. The number of pyridine rings is 1. The predicted molar refractivity (Wildman–Crippen MR) is 143 cm³/mol. The molecule has 0 saturated carbocycles. The van der Waals surface area contributed by atoms with Crippen LogP contribution in [0, 0.1) is 11.3 Å². The molecule has 1 aliphatic heterocycles. The molecule has 1 aliphatic rings. The molecule has 10 heteroatoms. The summed E-state index contributed by atoms with van der Waals surface area (Å²) in [4.78, 5) is 49.4. The van der Waals surface area contributed by atoms with E-state index in [1.807, 2.05) is 72.8 Å². The zero-order valence-electron chi connectivity index (χ0n) is 21.6. The van der Waals surface area contributed by atoms with Gasteiger partial charge in [0.15, 0.2) is 0 Å². The van der Waals surface area contributed by atoms with Crippen LogP contribution >= 0.6 is 0 Å². The molecule has 1 saturated heterocycles. The average Bonchev–Trinajstić information content (AvgIpc) is 2.97. The molecule has 2 amide bonds. The highest BCUT2D eigenvalue weighted by molar-refractivity contribution is 5.97. The van der Waals surface area contributed by atoms with E-state index in [-0.39, 0.29) is 50.8 Å². The second-order valence-corrected chi connectivity index (χ2v) is 8.78. The molecule has 4 rings (SSSR count). The van der Waals surface area contributed by atoms with Gasteiger partial charge in [-0.2, -0.15) is 5.26 Å². The van der Waals surface area contributed by atoms with E-state index >= 15 is 0 Å². The molecule has 0 aliphatic carbocycles. The maximum absolute atomic E-state index is 13.4. The van der Waals surface area contributed by atoms with E-state index in [4.69, 9.17) is 9.57 Å². The molecule has 3 aromatic rings. The summed E-state index contributed by atoms with van der Waals surface area (Å²) < 4.78 is 4.78. The Labute approximate surface area is 226 Å². The molecule has 1 atom stereocenters. The number of piperazine rings is 1. The normalized spacial score (nSPS) is 14.1. The predicted octanol–water partition coefficient (Wildman–Crippen LogP) is 3.66. The molecule has 200 valence electrons. The summed E-state index contributed by atoms with van der Waals surface area (Å²) in [7, 11) is 0. The molecular weight excluding hydrogens is 498 g/mol. The first-order chi connectivity index (χ1) is 19.0. The number of nitriles is 1. The number of rotatable bonds is 8. The summed E-state index contributed by atoms with van der Waals surface area (Å²) >= 11 is 0. The summed E-state index contributed by atoms with van der Waals surface area (Å²) in [5.41, 5.74) is 3.31. The highest BCUT2D eigenvalue weighted by Gasteiger charge is 2.30. The topological polar surface area (TPSA) is 125 Å². The van der Waals surface area contributed by atoms with Crippen molar-refractivity contribution in [3.63, 3.8) is 0 Å². The van der Waals surface area contributed by atoms with Gasteiger partial charge in [0.2, 0.25) is 5.91 Å². The maximum atomic E-state index is 13.4. The molecule has 0 radical (unpaired) electrons. The minimum absolute atomic E-state index is 0.138. The van der Waals surface area contributed by atoms with Crippen LogP contribution in [0.15, 0.2) is 72.8 Å². The zero-order valence-corrected chi connectivity index (χ0v) is 21.6. The lowest BCUT2D eigenvalue weighted by Crippen LogP contribution is -2.55. The quantitative estimate of drug-likeness (QED) is 0.440. The SMILES string of the molecule is CCOC(=O)ON1CCN(C(=O)[C@H](CC#N)NC(=O)c2cc(-c3ccccc3)cc(-c3ccccc3)n2)CC1. The fourth-order valence-corrected chi connectivity index (χ4v) is 4.19. The third-order valence-corrected chi connectivity index (χ3v) is 6.15. The van der Waals surface area contributed by atoms with Gasteiger partial charge in [-0.05, 0) is 30.2 Å². The van der Waals surface area contributed by atoms with E-state index < -0.39 is 18.1 Å². The van der Waals surface area contributed by atoms with Crippen LogP contribution in [-0.4, -0.2) is 71.7 Å². The molecular formula is C29H29N5O5. The van der Waals surface area contributed by atoms with E-state index in [9.17, 15) is 19.6 Å². The first-order valence-electron chi connectivity index (χ1n) is 12.7. The van der Waals surface area contributed by atoms with Crippen molar-refractivity contribution in [1.82, 2.24) is 20.3 Å². The number of ether oxygens (including phenoxy) is 1. The van der Waals surface area contributed by atoms with Gasteiger partial charge in [0.25, 0.3) is 5.91 Å². The maximum Gasteiger partial charge on any atom is 0.527 e. The van der Waals surface area contributed by atoms with Crippen LogP contribution in [0.25, 0.3) is 22.4 Å². The van der Waals surface area contributed by atoms with Crippen molar-refractivity contribution in [2.45, 2.75) is 19.4 Å². The Morgan fingerprint density at radius 3 is 2.21 bits per heavy atom. The average molecular weight is 528 g/mol. The zero-order chi connectivity index (χ0) is 27.6. The molecule has 1 aromatic heterocycles. The van der Waals surface area contributed by atoms with Crippen molar-refractivity contribution >= 4 is 18.0 Å². The summed E-state index contributed by atoms with van der Waals surface area (Å²) in [5, 5.41) is 13.5. The smallest absolute Gasteiger partial charge is 0.433 e. The van der Waals surface area contributed by atoms with Crippen molar-refractivity contribution in [2.24, 2.45) is 0 Å². The van der Waals surface area contributed by atoms with Crippen molar-refractivity contribution < 1.29 is 24.0 Å². The van der Waals surface area contributed by atoms with E-state index in [2.05, 4.69) is 10.3 Å². The van der Waals surface area contributed by atoms with Crippen molar-refractivity contribution in [2.75, 3.05) is 32.8 Å². The minimum atomic E-state index is -1.05. The van der Waals surface area contributed by atoms with Gasteiger partial charge in [-0.3, -0.25) is 9.59 Å². The number of carbonyl (C=O) groups is 3. The van der Waals surface area contributed by atoms with Gasteiger partial charge in [-0.15, -0.1) is 5.06 Å². The van der Waals surface area contributed by atoms with Gasteiger partial charge >= 0.3 is 6.16 Å². The fourth-order valence-electron chi connectivity index (χ4n) is 4.19. The monoisotopic (exact) mass is 527 g/mol. The van der Waals surface area contributed by atoms with E-state index in [1.54, 1.807) is 13.0 Å². The van der Waals surface area contributed by atoms with Crippen LogP contribution in [-0.2, 0) is 14.4 Å². The summed E-state index contributed by atoms with van der Waals surface area (Å²) in [6, 6.07) is 23.7. The van der Waals surface area contributed by atoms with Crippen molar-refractivity contribution in [1.29, 1.82) is 5.26 Å². The Morgan fingerprint density at radius 2 is 1.59 bits per heavy atom. The Morgan fingerprint density at radius 1 is 0.949 bits per heavy atom. The Hall–Kier alpha value is -4.75. The van der Waals surface area contributed by atoms with E-state index in [1.165, 1.54) is 9.96 Å². The van der Waals surface area contributed by atoms with Crippen LogP contribution in [0.4, 0.5) is 4.79 Å². The van der Waals surface area contributed by atoms with Gasteiger partial charge < -0.3 is 19.8 Å². The third-order valence-electron chi connectivity index (χ3n) is 6.15. The second-order valence-electron chi connectivity index (χ2n) is 8.78. The largest absolute Gasteiger partial charge is 0.527 e. The van der Waals surface area contributed by atoms with Crippen LogP contribution in [0.5, 0.6) is 0 Å². The third kappa shape index (κ3) is 7.18. The highest BCUT2D eigenvalue weighted by Crippen LogP contribution is 2.26. The Bertz CT molecular complexity index is 1280. The van der Waals surface area contributed by atoms with E-state index in [0.29, 0.717) is 5.69 Å². The van der Waals surface area contributed by atoms with E-state index in [0.717, 1.165) is 16.7 Å². The van der Waals surface area contributed by atoms with Gasteiger partial charge in [0, 0.05) is 18.7 Å². The van der Waals surface area contributed by atoms with Crippen molar-refractivity contribution in [3.05, 3.63) is 78.5 Å². The standard InChI is InChI=1S/C29H29N5O5/c1-2-38-29(37)39-34-17-15-33(16-18-34)28(36)24(13-14-30)32-27(35)26-20-23(21-9-5-3-6-10-21)19-25(31-26)22-11-7-4-8-12-22/h3-12,19-20,24H,2,13,15-18H2,1H3,(H,32,35)/t24-/m0/s1. The van der Waals surface area contributed by atoms with Gasteiger partial charge in [0.05, 0.1) is 37.9 Å². The first-order valence-corrected chi connectivity index (χ1v) is 12.7. The lowest BCUT2D eigenvalue weighted by molar-refractivity contribution is -0.157. The Kier molecular flexibility index (Phi) is 9.21. The fraction of sp³-hybridized carbons (Fsp3) is 0.276. The molecule has 2 aromatic carbocycles. The van der Waals surface area contributed by atoms with Crippen LogP contribution in [0.3, 0.4) is 0 Å². The molecule has 1 fully saturated rings. The van der Waals surface area contributed by atoms with Gasteiger partial charge in [-0.25, -0.2) is 9.78 Å². The number of hydrogen-bond donors (Lipinski definition) is 1. The number of benzene rings is 2. The number of aromatic nitrogens is 1. The lowest BCUT2D eigenvalue weighted by atomic mass is 10.0. The van der Waals surface area contributed by atoms with Crippen LogP contribution in [0.2, 0.25) is 0 Å². The highest BCUT2D eigenvalue weighted by atomic mass is 16.8. The van der Waals surface area contributed by atoms with Crippen LogP contribution in [0.1, 0.15) is 23.8 Å². The number of amides is 2. The molecule has 39 heavy (non-hydrogen) atoms. The molecule has 0 bridgehead atoms.